The number of nitrogens with one attached hydrogen (secondary N) is 1. The van der Waals surface area contributed by atoms with Crippen LogP contribution in [0.2, 0.25) is 5.02 Å². The van der Waals surface area contributed by atoms with Gasteiger partial charge in [-0.05, 0) is 58.7 Å². The van der Waals surface area contributed by atoms with E-state index in [1.165, 1.54) is 0 Å². The largest absolute Gasteiger partial charge is 0.439 e. The number of halogens is 2. The Labute approximate surface area is 138 Å². The number of hydrogen-bond donors (Lipinski definition) is 1. The van der Waals surface area contributed by atoms with Crippen molar-refractivity contribution in [3.05, 3.63) is 51.6 Å². The lowest BCUT2D eigenvalue weighted by molar-refractivity contribution is 0.450. The first-order valence-corrected chi connectivity index (χ1v) is 8.00. The minimum absolute atomic E-state index is 0.603. The first-order chi connectivity index (χ1) is 10.0. The van der Waals surface area contributed by atoms with Crippen molar-refractivity contribution in [1.29, 1.82) is 0 Å². The molecule has 2 aromatic rings. The Balaban J connectivity index is 2.12. The molecule has 0 aliphatic rings. The average molecular weight is 370 g/mol. The highest BCUT2D eigenvalue weighted by atomic mass is 79.9. The molecule has 0 aliphatic carbocycles. The average Bonchev–Trinajstić information content (AvgIpc) is 2.43. The quantitative estimate of drug-likeness (QED) is 0.775. The van der Waals surface area contributed by atoms with Crippen LogP contribution in [0.25, 0.3) is 0 Å². The summed E-state index contributed by atoms with van der Waals surface area (Å²) in [6, 6.07) is 9.28. The molecule has 0 spiro atoms. The number of benzene rings is 1. The predicted octanol–water partition coefficient (Wildman–Crippen LogP) is 5.04. The molecule has 0 atom stereocenters. The lowest BCUT2D eigenvalue weighted by atomic mass is 10.2. The summed E-state index contributed by atoms with van der Waals surface area (Å²) in [6.07, 6.45) is 1.73. The molecule has 2 rings (SSSR count). The van der Waals surface area contributed by atoms with Crippen LogP contribution in [0.1, 0.15) is 19.4 Å². The molecule has 0 aliphatic heterocycles. The van der Waals surface area contributed by atoms with E-state index in [-0.39, 0.29) is 0 Å². The van der Waals surface area contributed by atoms with Crippen LogP contribution in [-0.2, 0) is 6.54 Å². The number of ether oxygens (including phenoxy) is 1. The maximum Gasteiger partial charge on any atom is 0.223 e. The Morgan fingerprint density at radius 2 is 2.00 bits per heavy atom. The number of pyridine rings is 1. The van der Waals surface area contributed by atoms with Gasteiger partial charge in [0.1, 0.15) is 5.75 Å². The van der Waals surface area contributed by atoms with Gasteiger partial charge in [-0.2, -0.15) is 0 Å². The molecule has 5 heteroatoms. The molecule has 112 valence electrons. The summed E-state index contributed by atoms with van der Waals surface area (Å²) in [7, 11) is 0. The second-order valence-corrected chi connectivity index (χ2v) is 6.55. The summed E-state index contributed by atoms with van der Waals surface area (Å²) in [5.74, 6) is 1.93. The van der Waals surface area contributed by atoms with Crippen LogP contribution in [0.5, 0.6) is 11.6 Å². The van der Waals surface area contributed by atoms with Crippen LogP contribution in [0.3, 0.4) is 0 Å². The van der Waals surface area contributed by atoms with Gasteiger partial charge in [0.2, 0.25) is 5.88 Å². The molecule has 21 heavy (non-hydrogen) atoms. The number of rotatable bonds is 6. The lowest BCUT2D eigenvalue weighted by Gasteiger charge is -2.12. The molecule has 0 radical (unpaired) electrons. The zero-order chi connectivity index (χ0) is 15.2. The van der Waals surface area contributed by atoms with E-state index in [4.69, 9.17) is 16.3 Å². The topological polar surface area (TPSA) is 34.2 Å². The summed E-state index contributed by atoms with van der Waals surface area (Å²) in [6.45, 7) is 6.02. The first-order valence-electron chi connectivity index (χ1n) is 6.83. The molecule has 0 amide bonds. The van der Waals surface area contributed by atoms with E-state index in [0.29, 0.717) is 23.4 Å². The van der Waals surface area contributed by atoms with Gasteiger partial charge in [0.25, 0.3) is 0 Å². The standard InChI is InChI=1S/C16H18BrClN2O/c1-11(2)8-19-9-12-7-13(17)10-20-16(12)21-15-5-3-14(18)4-6-15/h3-7,10-11,19H,8-9H2,1-2H3. The second-order valence-electron chi connectivity index (χ2n) is 5.20. The van der Waals surface area contributed by atoms with Crippen molar-refractivity contribution in [3.8, 4) is 11.6 Å². The summed E-state index contributed by atoms with van der Waals surface area (Å²) in [4.78, 5) is 4.35. The van der Waals surface area contributed by atoms with E-state index in [1.54, 1.807) is 18.3 Å². The van der Waals surface area contributed by atoms with Gasteiger partial charge in [-0.3, -0.25) is 0 Å². The smallest absolute Gasteiger partial charge is 0.223 e. The van der Waals surface area contributed by atoms with Gasteiger partial charge in [-0.15, -0.1) is 0 Å². The molecule has 3 nitrogen and oxygen atoms in total. The Bertz CT molecular complexity index is 587. The normalized spacial score (nSPS) is 10.9. The Morgan fingerprint density at radius 3 is 2.67 bits per heavy atom. The molecule has 0 fully saturated rings. The van der Waals surface area contributed by atoms with Gasteiger partial charge in [-0.25, -0.2) is 4.98 Å². The highest BCUT2D eigenvalue weighted by molar-refractivity contribution is 9.10. The third-order valence-corrected chi connectivity index (χ3v) is 3.47. The molecule has 1 N–H and O–H groups in total. The van der Waals surface area contributed by atoms with Crippen LogP contribution < -0.4 is 10.1 Å². The highest BCUT2D eigenvalue weighted by Crippen LogP contribution is 2.26. The third-order valence-electron chi connectivity index (χ3n) is 2.79. The van der Waals surface area contributed by atoms with Crippen LogP contribution >= 0.6 is 27.5 Å². The van der Waals surface area contributed by atoms with E-state index < -0.39 is 0 Å². The van der Waals surface area contributed by atoms with Crippen LogP contribution in [0.15, 0.2) is 41.0 Å². The molecule has 0 saturated heterocycles. The molecule has 0 saturated carbocycles. The van der Waals surface area contributed by atoms with Crippen molar-refractivity contribution < 1.29 is 4.74 Å². The van der Waals surface area contributed by atoms with Crippen LogP contribution in [0.4, 0.5) is 0 Å². The third kappa shape index (κ3) is 5.30. The summed E-state index contributed by atoms with van der Waals surface area (Å²) in [5, 5.41) is 4.09. The Morgan fingerprint density at radius 1 is 1.29 bits per heavy atom. The molecular weight excluding hydrogens is 352 g/mol. The van der Waals surface area contributed by atoms with Gasteiger partial charge in [0.15, 0.2) is 0 Å². The maximum absolute atomic E-state index is 5.88. The van der Waals surface area contributed by atoms with Crippen molar-refractivity contribution in [2.24, 2.45) is 5.92 Å². The van der Waals surface area contributed by atoms with Crippen molar-refractivity contribution >= 4 is 27.5 Å². The fourth-order valence-electron chi connectivity index (χ4n) is 1.80. The zero-order valence-corrected chi connectivity index (χ0v) is 14.4. The van der Waals surface area contributed by atoms with Gasteiger partial charge in [0.05, 0.1) is 0 Å². The van der Waals surface area contributed by atoms with E-state index in [9.17, 15) is 0 Å². The van der Waals surface area contributed by atoms with E-state index >= 15 is 0 Å². The molecule has 0 unspecified atom stereocenters. The SMILES string of the molecule is CC(C)CNCc1cc(Br)cnc1Oc1ccc(Cl)cc1. The molecular formula is C16H18BrClN2O. The fraction of sp³-hybridized carbons (Fsp3) is 0.312. The van der Waals surface area contributed by atoms with Gasteiger partial charge >= 0.3 is 0 Å². The second kappa shape index (κ2) is 7.78. The minimum atomic E-state index is 0.603. The number of hydrogen-bond acceptors (Lipinski definition) is 3. The Kier molecular flexibility index (Phi) is 6.03. The lowest BCUT2D eigenvalue weighted by Crippen LogP contribution is -2.19. The maximum atomic E-state index is 5.88. The van der Waals surface area contributed by atoms with E-state index in [2.05, 4.69) is 40.1 Å². The fourth-order valence-corrected chi connectivity index (χ4v) is 2.30. The van der Waals surface area contributed by atoms with Gasteiger partial charge in [-0.1, -0.05) is 25.4 Å². The molecule has 1 aromatic carbocycles. The molecule has 0 bridgehead atoms. The van der Waals surface area contributed by atoms with Crippen molar-refractivity contribution in [2.45, 2.75) is 20.4 Å². The first kappa shape index (κ1) is 16.3. The van der Waals surface area contributed by atoms with Crippen molar-refractivity contribution in [3.63, 3.8) is 0 Å². The minimum Gasteiger partial charge on any atom is -0.439 e. The summed E-state index contributed by atoms with van der Waals surface area (Å²) >= 11 is 9.33. The van der Waals surface area contributed by atoms with Crippen LogP contribution in [-0.4, -0.2) is 11.5 Å². The van der Waals surface area contributed by atoms with Crippen molar-refractivity contribution in [1.82, 2.24) is 10.3 Å². The summed E-state index contributed by atoms with van der Waals surface area (Å²) in [5.41, 5.74) is 1.01. The number of nitrogens with zero attached hydrogens (tertiary/aromatic N) is 1. The van der Waals surface area contributed by atoms with E-state index in [1.807, 2.05) is 18.2 Å². The van der Waals surface area contributed by atoms with Crippen LogP contribution in [0, 0.1) is 5.92 Å². The monoisotopic (exact) mass is 368 g/mol. The Hall–Kier alpha value is -1.10. The molecule has 1 aromatic heterocycles. The molecule has 1 heterocycles. The zero-order valence-electron chi connectivity index (χ0n) is 12.1. The van der Waals surface area contributed by atoms with Gasteiger partial charge in [0, 0.05) is 27.8 Å². The number of aromatic nitrogens is 1. The summed E-state index contributed by atoms with van der Waals surface area (Å²) < 4.78 is 6.78. The predicted molar refractivity (Wildman–Crippen MR) is 90.0 cm³/mol. The van der Waals surface area contributed by atoms with Gasteiger partial charge < -0.3 is 10.1 Å². The van der Waals surface area contributed by atoms with E-state index in [0.717, 1.165) is 22.3 Å². The highest BCUT2D eigenvalue weighted by Gasteiger charge is 2.08. The van der Waals surface area contributed by atoms with Crippen molar-refractivity contribution in [2.75, 3.05) is 6.54 Å².